The summed E-state index contributed by atoms with van der Waals surface area (Å²) >= 11 is 0. The number of fused-ring (bicyclic) bond motifs is 3. The van der Waals surface area contributed by atoms with Gasteiger partial charge in [-0.2, -0.15) is 13.2 Å². The van der Waals surface area contributed by atoms with Crippen LogP contribution < -0.4 is 16.0 Å². The minimum atomic E-state index is -4.53. The van der Waals surface area contributed by atoms with Gasteiger partial charge < -0.3 is 16.0 Å². The summed E-state index contributed by atoms with van der Waals surface area (Å²) in [4.78, 5) is 41.3. The lowest BCUT2D eigenvalue weighted by Gasteiger charge is -2.34. The van der Waals surface area contributed by atoms with Crippen LogP contribution in [0.4, 0.5) is 13.2 Å². The molecule has 0 radical (unpaired) electrons. The van der Waals surface area contributed by atoms with E-state index in [1.54, 1.807) is 12.1 Å². The van der Waals surface area contributed by atoms with Gasteiger partial charge in [-0.1, -0.05) is 85.3 Å². The molecule has 0 bridgehead atoms. The molecule has 244 valence electrons. The Labute approximate surface area is 267 Å². The highest BCUT2D eigenvalue weighted by Gasteiger charge is 2.49. The number of nitrogens with zero attached hydrogens (tertiary/aromatic N) is 1. The van der Waals surface area contributed by atoms with Crippen LogP contribution in [0.2, 0.25) is 0 Å². The first-order valence-corrected chi connectivity index (χ1v) is 16.1. The highest BCUT2D eigenvalue weighted by atomic mass is 19.4. The number of likely N-dealkylation sites (tertiary alicyclic amines) is 1. The van der Waals surface area contributed by atoms with Crippen molar-refractivity contribution in [2.75, 3.05) is 26.2 Å². The SMILES string of the molecule is O=C(CCNC(=O)C1CCCCN1Cc1ccccc1)NCCCCC1(C(=O)NCC(F)(F)F)c2ccccc2-c2ccccc21. The number of benzene rings is 3. The number of nitrogens with one attached hydrogen (secondary N) is 3. The molecule has 1 aliphatic carbocycles. The van der Waals surface area contributed by atoms with Gasteiger partial charge in [0.25, 0.3) is 0 Å². The van der Waals surface area contributed by atoms with Gasteiger partial charge in [0.05, 0.1) is 6.04 Å². The fourth-order valence-electron chi connectivity index (χ4n) is 6.83. The number of hydrogen-bond donors (Lipinski definition) is 3. The molecule has 10 heteroatoms. The zero-order chi connectivity index (χ0) is 32.6. The lowest BCUT2D eigenvalue weighted by molar-refractivity contribution is -0.141. The first-order chi connectivity index (χ1) is 22.2. The molecule has 1 unspecified atom stereocenters. The zero-order valence-corrected chi connectivity index (χ0v) is 25.9. The van der Waals surface area contributed by atoms with E-state index in [1.807, 2.05) is 54.6 Å². The van der Waals surface area contributed by atoms with Gasteiger partial charge in [-0.3, -0.25) is 19.3 Å². The minimum Gasteiger partial charge on any atom is -0.356 e. The van der Waals surface area contributed by atoms with Gasteiger partial charge in [-0.15, -0.1) is 0 Å². The van der Waals surface area contributed by atoms with Crippen LogP contribution in [-0.2, 0) is 26.3 Å². The van der Waals surface area contributed by atoms with Crippen molar-refractivity contribution in [2.24, 2.45) is 0 Å². The van der Waals surface area contributed by atoms with Crippen LogP contribution in [0.3, 0.4) is 0 Å². The number of carbonyl (C=O) groups excluding carboxylic acids is 3. The van der Waals surface area contributed by atoms with Gasteiger partial charge in [-0.05, 0) is 66.5 Å². The van der Waals surface area contributed by atoms with Crippen molar-refractivity contribution < 1.29 is 27.6 Å². The van der Waals surface area contributed by atoms with Gasteiger partial charge in [0, 0.05) is 26.1 Å². The molecule has 7 nitrogen and oxygen atoms in total. The average Bonchev–Trinajstić information content (AvgIpc) is 3.34. The normalized spacial score (nSPS) is 17.1. The smallest absolute Gasteiger partial charge is 0.356 e. The Kier molecular flexibility index (Phi) is 10.8. The molecule has 3 N–H and O–H groups in total. The van der Waals surface area contributed by atoms with Crippen molar-refractivity contribution in [2.45, 2.75) is 69.1 Å². The van der Waals surface area contributed by atoms with Crippen molar-refractivity contribution in [1.29, 1.82) is 0 Å². The number of rotatable bonds is 13. The predicted molar refractivity (Wildman–Crippen MR) is 171 cm³/mol. The van der Waals surface area contributed by atoms with Crippen LogP contribution in [0.15, 0.2) is 78.9 Å². The molecule has 1 aliphatic heterocycles. The average molecular weight is 635 g/mol. The lowest BCUT2D eigenvalue weighted by atomic mass is 9.73. The summed E-state index contributed by atoms with van der Waals surface area (Å²) in [5.41, 5.74) is 2.96. The van der Waals surface area contributed by atoms with Crippen molar-refractivity contribution >= 4 is 17.7 Å². The Morgan fingerprint density at radius 3 is 2.11 bits per heavy atom. The second-order valence-electron chi connectivity index (χ2n) is 12.1. The predicted octanol–water partition coefficient (Wildman–Crippen LogP) is 5.48. The number of hydrogen-bond acceptors (Lipinski definition) is 4. The number of amides is 3. The number of unbranched alkanes of at least 4 members (excludes halogenated alkanes) is 1. The Morgan fingerprint density at radius 1 is 0.783 bits per heavy atom. The van der Waals surface area contributed by atoms with E-state index in [9.17, 15) is 27.6 Å². The molecule has 0 spiro atoms. The molecule has 3 aromatic rings. The molecule has 2 aliphatic rings. The Hall–Kier alpha value is -4.18. The van der Waals surface area contributed by atoms with Gasteiger partial charge in [0.15, 0.2) is 0 Å². The monoisotopic (exact) mass is 634 g/mol. The van der Waals surface area contributed by atoms with E-state index in [1.165, 1.54) is 0 Å². The van der Waals surface area contributed by atoms with Gasteiger partial charge in [0.1, 0.15) is 12.0 Å². The maximum absolute atomic E-state index is 13.6. The number of alkyl halides is 3. The van der Waals surface area contributed by atoms with Crippen LogP contribution in [0.1, 0.15) is 61.6 Å². The summed E-state index contributed by atoms with van der Waals surface area (Å²) in [7, 11) is 0. The summed E-state index contributed by atoms with van der Waals surface area (Å²) < 4.78 is 39.3. The van der Waals surface area contributed by atoms with E-state index in [-0.39, 0.29) is 37.2 Å². The number of carbonyl (C=O) groups is 3. The van der Waals surface area contributed by atoms with Crippen LogP contribution in [0.5, 0.6) is 0 Å². The first kappa shape index (κ1) is 33.2. The van der Waals surface area contributed by atoms with Gasteiger partial charge >= 0.3 is 6.18 Å². The molecule has 1 saturated heterocycles. The van der Waals surface area contributed by atoms with E-state index in [4.69, 9.17) is 0 Å². The fraction of sp³-hybridized carbons (Fsp3) is 0.417. The maximum Gasteiger partial charge on any atom is 0.405 e. The summed E-state index contributed by atoms with van der Waals surface area (Å²) in [6.45, 7) is 0.744. The number of halogens is 3. The summed E-state index contributed by atoms with van der Waals surface area (Å²) in [6.07, 6.45) is -0.236. The van der Waals surface area contributed by atoms with Crippen molar-refractivity contribution in [3.63, 3.8) is 0 Å². The summed E-state index contributed by atoms with van der Waals surface area (Å²) in [6, 6.07) is 24.6. The summed E-state index contributed by atoms with van der Waals surface area (Å²) in [5.74, 6) is -0.934. The van der Waals surface area contributed by atoms with E-state index < -0.39 is 24.0 Å². The molecule has 0 saturated carbocycles. The molecule has 5 rings (SSSR count). The van der Waals surface area contributed by atoms with Gasteiger partial charge in [-0.25, -0.2) is 0 Å². The van der Waals surface area contributed by atoms with E-state index >= 15 is 0 Å². The Morgan fingerprint density at radius 2 is 1.43 bits per heavy atom. The standard InChI is InChI=1S/C36H41F3N4O3/c37-36(38,39)25-42-34(46)35(29-16-6-4-14-27(29)28-15-5-7-17-30(28)35)20-9-10-21-40-32(44)19-22-41-33(45)31-18-8-11-23-43(31)24-26-12-2-1-3-13-26/h1-7,12-17,31H,8-11,18-25H2,(H,40,44)(H,41,45)(H,42,46). The maximum atomic E-state index is 13.6. The largest absolute Gasteiger partial charge is 0.405 e. The van der Waals surface area contributed by atoms with Crippen LogP contribution in [-0.4, -0.2) is 61.0 Å². The molecular formula is C36H41F3N4O3. The summed E-state index contributed by atoms with van der Waals surface area (Å²) in [5, 5.41) is 7.95. The van der Waals surface area contributed by atoms with Crippen LogP contribution in [0.25, 0.3) is 11.1 Å². The molecule has 46 heavy (non-hydrogen) atoms. The van der Waals surface area contributed by atoms with E-state index in [0.717, 1.165) is 42.5 Å². The molecule has 1 atom stereocenters. The molecular weight excluding hydrogens is 593 g/mol. The van der Waals surface area contributed by atoms with E-state index in [2.05, 4.69) is 33.0 Å². The van der Waals surface area contributed by atoms with Crippen LogP contribution in [0, 0.1) is 0 Å². The lowest BCUT2D eigenvalue weighted by Crippen LogP contribution is -2.49. The van der Waals surface area contributed by atoms with Crippen LogP contribution >= 0.6 is 0 Å². The van der Waals surface area contributed by atoms with Crippen molar-refractivity contribution in [3.05, 3.63) is 95.6 Å². The third kappa shape index (κ3) is 7.78. The molecule has 0 aromatic heterocycles. The van der Waals surface area contributed by atoms with Crippen molar-refractivity contribution in [1.82, 2.24) is 20.9 Å². The highest BCUT2D eigenvalue weighted by molar-refractivity contribution is 6.00. The molecule has 1 heterocycles. The second kappa shape index (κ2) is 14.9. The fourth-order valence-corrected chi connectivity index (χ4v) is 6.83. The topological polar surface area (TPSA) is 90.5 Å². The third-order valence-electron chi connectivity index (χ3n) is 9.00. The van der Waals surface area contributed by atoms with Crippen molar-refractivity contribution in [3.8, 4) is 11.1 Å². The molecule has 3 aromatic carbocycles. The quantitative estimate of drug-likeness (QED) is 0.217. The molecule has 1 fully saturated rings. The Bertz CT molecular complexity index is 1470. The first-order valence-electron chi connectivity index (χ1n) is 16.1. The van der Waals surface area contributed by atoms with E-state index in [0.29, 0.717) is 37.1 Å². The minimum absolute atomic E-state index is 0.0605. The Balaban J connectivity index is 1.11. The zero-order valence-electron chi connectivity index (χ0n) is 25.9. The molecule has 3 amide bonds. The van der Waals surface area contributed by atoms with Gasteiger partial charge in [0.2, 0.25) is 17.7 Å². The third-order valence-corrected chi connectivity index (χ3v) is 9.00. The second-order valence-corrected chi connectivity index (χ2v) is 12.1. The highest BCUT2D eigenvalue weighted by Crippen LogP contribution is 2.51. The number of piperidine rings is 1.